The molecule has 1 aromatic heterocycles. The van der Waals surface area contributed by atoms with E-state index in [1.165, 1.54) is 12.0 Å². The Morgan fingerprint density at radius 2 is 1.91 bits per heavy atom. The van der Waals surface area contributed by atoms with Crippen LogP contribution in [0, 0.1) is 11.8 Å². The molecule has 2 bridgehead atoms. The van der Waals surface area contributed by atoms with E-state index in [9.17, 15) is 9.32 Å². The Bertz CT molecular complexity index is 1040. The Kier molecular flexibility index (Phi) is 5.19. The second-order valence-corrected chi connectivity index (χ2v) is 11.9. The fraction of sp³-hybridized carbons (Fsp3) is 0.583. The molecule has 32 heavy (non-hydrogen) atoms. The fourth-order valence-corrected chi connectivity index (χ4v) is 7.51. The zero-order valence-corrected chi connectivity index (χ0v) is 19.7. The summed E-state index contributed by atoms with van der Waals surface area (Å²) in [6.45, 7) is 1.96. The maximum absolute atomic E-state index is 12.9. The first-order chi connectivity index (χ1) is 15.5. The van der Waals surface area contributed by atoms with Crippen LogP contribution >= 0.6 is 11.6 Å². The molecular weight excluding hydrogens is 444 g/mol. The summed E-state index contributed by atoms with van der Waals surface area (Å²) in [5, 5.41) is 14.3. The molecule has 1 aromatic carbocycles. The highest BCUT2D eigenvalue weighted by Crippen LogP contribution is 2.52. The average Bonchev–Trinajstić information content (AvgIpc) is 2.77. The van der Waals surface area contributed by atoms with Crippen LogP contribution in [0.5, 0.6) is 0 Å². The Balaban J connectivity index is 1.28. The van der Waals surface area contributed by atoms with Crippen molar-refractivity contribution in [2.45, 2.75) is 54.9 Å². The Hall–Kier alpha value is -1.70. The number of hydrogen-bond acceptors (Lipinski definition) is 6. The Labute approximate surface area is 196 Å². The monoisotopic (exact) mass is 472 g/mol. The number of benzene rings is 1. The lowest BCUT2D eigenvalue weighted by Crippen LogP contribution is -2.54. The summed E-state index contributed by atoms with van der Waals surface area (Å²) in [7, 11) is -1.08. The third-order valence-corrected chi connectivity index (χ3v) is 9.76. The van der Waals surface area contributed by atoms with Crippen molar-refractivity contribution in [2.24, 2.45) is 11.8 Å². The minimum Gasteiger partial charge on any atom is -0.394 e. The van der Waals surface area contributed by atoms with Gasteiger partial charge in [0.1, 0.15) is 10.7 Å². The molecule has 0 amide bonds. The van der Waals surface area contributed by atoms with Gasteiger partial charge in [-0.25, -0.2) is 4.98 Å². The predicted molar refractivity (Wildman–Crippen MR) is 127 cm³/mol. The summed E-state index contributed by atoms with van der Waals surface area (Å²) in [6, 6.07) is 8.32. The topological polar surface area (TPSA) is 78.4 Å². The molecule has 5 aliphatic rings. The van der Waals surface area contributed by atoms with Crippen LogP contribution in [0.4, 0.5) is 11.8 Å². The number of anilines is 2. The molecule has 2 aromatic rings. The van der Waals surface area contributed by atoms with Gasteiger partial charge in [-0.15, -0.1) is 0 Å². The zero-order chi connectivity index (χ0) is 21.9. The van der Waals surface area contributed by atoms with E-state index in [0.717, 1.165) is 66.8 Å². The summed E-state index contributed by atoms with van der Waals surface area (Å²) >= 11 is 6.09. The summed E-state index contributed by atoms with van der Waals surface area (Å²) in [4.78, 5) is 12.9. The second-order valence-electron chi connectivity index (χ2n) is 9.96. The van der Waals surface area contributed by atoms with Crippen molar-refractivity contribution in [2.75, 3.05) is 35.7 Å². The van der Waals surface area contributed by atoms with Gasteiger partial charge in [-0.3, -0.25) is 4.21 Å². The van der Waals surface area contributed by atoms with Gasteiger partial charge in [0.2, 0.25) is 5.95 Å². The number of hydrogen-bond donors (Lipinski definition) is 2. The van der Waals surface area contributed by atoms with Gasteiger partial charge in [-0.1, -0.05) is 23.7 Å². The number of piperidine rings is 2. The number of aromatic nitrogens is 2. The van der Waals surface area contributed by atoms with Gasteiger partial charge in [0.15, 0.2) is 0 Å². The number of nitrogens with zero attached hydrogens (tertiary/aromatic N) is 3. The van der Waals surface area contributed by atoms with Gasteiger partial charge in [0, 0.05) is 23.9 Å². The largest absolute Gasteiger partial charge is 0.394 e. The molecule has 2 saturated heterocycles. The molecule has 2 N–H and O–H groups in total. The minimum absolute atomic E-state index is 0.0738. The lowest BCUT2D eigenvalue weighted by atomic mass is 9.59. The van der Waals surface area contributed by atoms with Gasteiger partial charge in [0.25, 0.3) is 0 Å². The van der Waals surface area contributed by atoms with E-state index in [-0.39, 0.29) is 12.1 Å². The van der Waals surface area contributed by atoms with E-state index in [0.29, 0.717) is 29.3 Å². The Morgan fingerprint density at radius 3 is 2.56 bits per heavy atom. The highest BCUT2D eigenvalue weighted by Gasteiger charge is 2.48. The van der Waals surface area contributed by atoms with Gasteiger partial charge in [-0.2, -0.15) is 4.98 Å². The molecule has 7 rings (SSSR count). The second kappa shape index (κ2) is 7.96. The summed E-state index contributed by atoms with van der Waals surface area (Å²) in [5.74, 6) is 3.87. The molecular formula is C24H29ClN4O2S. The van der Waals surface area contributed by atoms with Crippen LogP contribution in [0.25, 0.3) is 0 Å². The molecule has 3 unspecified atom stereocenters. The molecule has 8 heteroatoms. The fourth-order valence-electron chi connectivity index (χ4n) is 6.05. The maximum atomic E-state index is 12.9. The van der Waals surface area contributed by atoms with Crippen molar-refractivity contribution in [3.05, 3.63) is 40.5 Å². The number of rotatable bonds is 5. The summed E-state index contributed by atoms with van der Waals surface area (Å²) in [6.07, 6.45) is 5.91. The van der Waals surface area contributed by atoms with E-state index >= 15 is 0 Å². The molecule has 0 radical (unpaired) electrons. The van der Waals surface area contributed by atoms with Crippen molar-refractivity contribution in [1.29, 1.82) is 0 Å². The highest BCUT2D eigenvalue weighted by molar-refractivity contribution is 7.85. The number of aryl methyl sites for hydroxylation is 1. The van der Waals surface area contributed by atoms with Crippen LogP contribution in [0.1, 0.15) is 49.3 Å². The van der Waals surface area contributed by atoms with Crippen molar-refractivity contribution in [3.8, 4) is 0 Å². The lowest BCUT2D eigenvalue weighted by Gasteiger charge is -2.54. The number of aliphatic hydroxyl groups excluding tert-OH is 1. The smallest absolute Gasteiger partial charge is 0.227 e. The third kappa shape index (κ3) is 3.44. The molecule has 4 heterocycles. The molecule has 2 aliphatic carbocycles. The van der Waals surface area contributed by atoms with Crippen LogP contribution < -0.4 is 10.2 Å². The highest BCUT2D eigenvalue weighted by atomic mass is 35.5. The minimum atomic E-state index is -1.08. The first-order valence-corrected chi connectivity index (χ1v) is 13.4. The van der Waals surface area contributed by atoms with Crippen LogP contribution in [0.3, 0.4) is 0 Å². The van der Waals surface area contributed by atoms with Crippen molar-refractivity contribution in [1.82, 2.24) is 9.97 Å². The SMILES string of the molecule is O=S1CCCc2nc(N3CC4CC(C3)C4c3ccc(Cl)cc3)nc(NC3(CO)CCC3)c21. The predicted octanol–water partition coefficient (Wildman–Crippen LogP) is 3.75. The molecule has 3 aliphatic heterocycles. The van der Waals surface area contributed by atoms with Crippen LogP contribution in [0.2, 0.25) is 5.02 Å². The summed E-state index contributed by atoms with van der Waals surface area (Å²) < 4.78 is 12.9. The van der Waals surface area contributed by atoms with Gasteiger partial charge in [-0.05, 0) is 74.0 Å². The standard InChI is InChI=1S/C24H29ClN4O2S/c25-18-6-4-15(5-7-18)20-16-11-17(20)13-29(12-16)23-26-19-3-1-10-32(31)21(19)22(27-23)28-24(14-30)8-2-9-24/h4-7,16-17,20,30H,1-3,8-14H2,(H,26,27,28). The molecule has 3 atom stereocenters. The number of halogens is 1. The molecule has 4 fully saturated rings. The number of nitrogens with one attached hydrogen (secondary N) is 1. The molecule has 6 nitrogen and oxygen atoms in total. The van der Waals surface area contributed by atoms with Crippen molar-refractivity contribution < 1.29 is 9.32 Å². The van der Waals surface area contributed by atoms with E-state index in [1.807, 2.05) is 12.1 Å². The van der Waals surface area contributed by atoms with Gasteiger partial charge in [0.05, 0.1) is 28.6 Å². The Morgan fingerprint density at radius 1 is 1.16 bits per heavy atom. The van der Waals surface area contributed by atoms with Gasteiger partial charge >= 0.3 is 0 Å². The maximum Gasteiger partial charge on any atom is 0.227 e. The first-order valence-electron chi connectivity index (χ1n) is 11.7. The van der Waals surface area contributed by atoms with Crippen LogP contribution in [-0.4, -0.2) is 50.3 Å². The molecule has 0 spiro atoms. The van der Waals surface area contributed by atoms with Crippen LogP contribution in [0.15, 0.2) is 29.2 Å². The average molecular weight is 473 g/mol. The van der Waals surface area contributed by atoms with E-state index in [2.05, 4.69) is 22.3 Å². The van der Waals surface area contributed by atoms with Crippen molar-refractivity contribution >= 4 is 34.2 Å². The van der Waals surface area contributed by atoms with E-state index in [1.54, 1.807) is 0 Å². The number of fused-ring (bicyclic) bond motifs is 3. The quantitative estimate of drug-likeness (QED) is 0.690. The van der Waals surface area contributed by atoms with Gasteiger partial charge < -0.3 is 15.3 Å². The van der Waals surface area contributed by atoms with Crippen LogP contribution in [-0.2, 0) is 17.2 Å². The van der Waals surface area contributed by atoms with E-state index in [4.69, 9.17) is 21.6 Å². The normalized spacial score (nSPS) is 30.1. The first kappa shape index (κ1) is 20.9. The molecule has 170 valence electrons. The lowest BCUT2D eigenvalue weighted by molar-refractivity contribution is 0.110. The van der Waals surface area contributed by atoms with Crippen molar-refractivity contribution in [3.63, 3.8) is 0 Å². The number of aliphatic hydroxyl groups is 1. The zero-order valence-electron chi connectivity index (χ0n) is 18.1. The third-order valence-electron chi connectivity index (χ3n) is 7.96. The summed E-state index contributed by atoms with van der Waals surface area (Å²) in [5.41, 5.74) is 1.97. The molecule has 2 saturated carbocycles. The van der Waals surface area contributed by atoms with E-state index < -0.39 is 10.8 Å².